The number of hydrogen-bond acceptors (Lipinski definition) is 2. The van der Waals surface area contributed by atoms with Gasteiger partial charge in [0.2, 0.25) is 0 Å². The first-order chi connectivity index (χ1) is 11.3. The average Bonchev–Trinajstić information content (AvgIpc) is 3.18. The minimum Gasteiger partial charge on any atom is -0.346 e. The lowest BCUT2D eigenvalue weighted by Crippen LogP contribution is -2.41. The Morgan fingerprint density at radius 1 is 1.21 bits per heavy atom. The molecule has 5 heteroatoms. The maximum Gasteiger partial charge on any atom is 0.272 e. The molecule has 1 fully saturated rings. The third-order valence-electron chi connectivity index (χ3n) is 4.96. The third-order valence-corrected chi connectivity index (χ3v) is 5.21. The first-order valence-electron chi connectivity index (χ1n) is 8.55. The fourth-order valence-electron chi connectivity index (χ4n) is 4.08. The number of benzene rings is 1. The summed E-state index contributed by atoms with van der Waals surface area (Å²) in [4.78, 5) is 12.8. The van der Waals surface area contributed by atoms with Crippen LogP contribution in [-0.4, -0.2) is 21.2 Å². The van der Waals surface area contributed by atoms with E-state index in [1.54, 1.807) is 0 Å². The van der Waals surface area contributed by atoms with E-state index in [1.165, 1.54) is 24.1 Å². The fraction of sp³-hybridized carbons (Fsp3) is 0.474. The van der Waals surface area contributed by atoms with E-state index in [1.807, 2.05) is 49.7 Å². The minimum absolute atomic E-state index is 0.0704. The van der Waals surface area contributed by atoms with Crippen molar-refractivity contribution < 1.29 is 4.79 Å². The molecule has 1 aromatic heterocycles. The van der Waals surface area contributed by atoms with E-state index in [0.29, 0.717) is 22.6 Å². The fourth-order valence-corrected chi connectivity index (χ4v) is 4.20. The molecule has 2 bridgehead atoms. The molecule has 1 N–H and O–H groups in total. The van der Waals surface area contributed by atoms with Gasteiger partial charge in [-0.2, -0.15) is 5.10 Å². The topological polar surface area (TPSA) is 46.9 Å². The minimum atomic E-state index is -0.272. The number of fused-ring (bicyclic) bond motifs is 5. The van der Waals surface area contributed by atoms with Crippen LogP contribution in [0.15, 0.2) is 24.3 Å². The summed E-state index contributed by atoms with van der Waals surface area (Å²) in [6.45, 7) is 5.98. The van der Waals surface area contributed by atoms with Gasteiger partial charge in [-0.3, -0.25) is 4.79 Å². The van der Waals surface area contributed by atoms with Gasteiger partial charge in [0, 0.05) is 22.0 Å². The molecule has 0 spiro atoms. The molecule has 2 aromatic rings. The highest BCUT2D eigenvalue weighted by Crippen LogP contribution is 2.54. The summed E-state index contributed by atoms with van der Waals surface area (Å²) < 4.78 is 1.97. The Bertz CT molecular complexity index is 801. The van der Waals surface area contributed by atoms with Crippen LogP contribution < -0.4 is 5.32 Å². The quantitative estimate of drug-likeness (QED) is 0.877. The van der Waals surface area contributed by atoms with Crippen molar-refractivity contribution in [3.05, 3.63) is 46.2 Å². The van der Waals surface area contributed by atoms with E-state index in [0.717, 1.165) is 12.1 Å². The second-order valence-electron chi connectivity index (χ2n) is 7.95. The lowest BCUT2D eigenvalue weighted by molar-refractivity contribution is 0.0912. The standard InChI is InChI=1S/C19H22ClN3O/c1-19(2,3)21-18(24)16-15-11-4-5-12(10-11)17(15)23(22-16)14-8-6-13(20)7-9-14/h6-9,11-12H,4-5,10H2,1-3H3,(H,21,24)/t11-,12-/m0/s1. The van der Waals surface area contributed by atoms with Crippen LogP contribution in [0.1, 0.15) is 73.6 Å². The van der Waals surface area contributed by atoms with Gasteiger partial charge in [-0.05, 0) is 70.2 Å². The monoisotopic (exact) mass is 343 g/mol. The molecule has 1 heterocycles. The summed E-state index contributed by atoms with van der Waals surface area (Å²) in [5.41, 5.74) is 3.70. The van der Waals surface area contributed by atoms with Crippen LogP contribution in [0.2, 0.25) is 5.02 Å². The zero-order chi connectivity index (χ0) is 17.1. The van der Waals surface area contributed by atoms with Gasteiger partial charge in [0.05, 0.1) is 11.4 Å². The first kappa shape index (κ1) is 15.7. The Kier molecular flexibility index (Phi) is 3.50. The summed E-state index contributed by atoms with van der Waals surface area (Å²) in [5, 5.41) is 8.48. The Morgan fingerprint density at radius 2 is 1.88 bits per heavy atom. The molecule has 126 valence electrons. The van der Waals surface area contributed by atoms with Crippen molar-refractivity contribution in [1.82, 2.24) is 15.1 Å². The van der Waals surface area contributed by atoms with Crippen molar-refractivity contribution in [2.45, 2.75) is 57.4 Å². The molecule has 2 aliphatic rings. The number of hydrogen-bond donors (Lipinski definition) is 1. The van der Waals surface area contributed by atoms with Gasteiger partial charge in [-0.15, -0.1) is 0 Å². The molecular formula is C19H22ClN3O. The predicted octanol–water partition coefficient (Wildman–Crippen LogP) is 4.42. The number of nitrogens with one attached hydrogen (secondary N) is 1. The second-order valence-corrected chi connectivity index (χ2v) is 8.38. The van der Waals surface area contributed by atoms with E-state index < -0.39 is 0 Å². The Labute approximate surface area is 147 Å². The van der Waals surface area contributed by atoms with Crippen LogP contribution in [0, 0.1) is 0 Å². The summed E-state index contributed by atoms with van der Waals surface area (Å²) >= 11 is 6.01. The molecule has 1 amide bonds. The number of rotatable bonds is 2. The number of amides is 1. The normalized spacial score (nSPS) is 21.8. The van der Waals surface area contributed by atoms with Crippen LogP contribution in [0.3, 0.4) is 0 Å². The molecule has 1 saturated carbocycles. The number of carbonyl (C=O) groups is 1. The van der Waals surface area contributed by atoms with Gasteiger partial charge in [0.15, 0.2) is 5.69 Å². The molecule has 0 unspecified atom stereocenters. The summed E-state index contributed by atoms with van der Waals surface area (Å²) in [7, 11) is 0. The van der Waals surface area contributed by atoms with Crippen molar-refractivity contribution >= 4 is 17.5 Å². The summed E-state index contributed by atoms with van der Waals surface area (Å²) in [5.74, 6) is 0.926. The number of halogens is 1. The maximum atomic E-state index is 12.8. The van der Waals surface area contributed by atoms with Gasteiger partial charge in [-0.25, -0.2) is 4.68 Å². The van der Waals surface area contributed by atoms with Gasteiger partial charge in [0.1, 0.15) is 0 Å². The van der Waals surface area contributed by atoms with Gasteiger partial charge in [0.25, 0.3) is 5.91 Å². The SMILES string of the molecule is CC(C)(C)NC(=O)c1nn(-c2ccc(Cl)cc2)c2c1[C@H]1CC[C@H]2C1. The molecule has 4 nitrogen and oxygen atoms in total. The lowest BCUT2D eigenvalue weighted by Gasteiger charge is -2.20. The van der Waals surface area contributed by atoms with Crippen LogP contribution in [0.25, 0.3) is 5.69 Å². The largest absolute Gasteiger partial charge is 0.346 e. The van der Waals surface area contributed by atoms with Crippen molar-refractivity contribution in [3.8, 4) is 5.69 Å². The van der Waals surface area contributed by atoms with Gasteiger partial charge in [-0.1, -0.05) is 11.6 Å². The average molecular weight is 344 g/mol. The molecule has 1 aromatic carbocycles. The molecule has 0 aliphatic heterocycles. The Balaban J connectivity index is 1.82. The van der Waals surface area contributed by atoms with Crippen molar-refractivity contribution in [2.24, 2.45) is 0 Å². The van der Waals surface area contributed by atoms with Crippen LogP contribution in [0.5, 0.6) is 0 Å². The van der Waals surface area contributed by atoms with E-state index in [2.05, 4.69) is 5.32 Å². The molecule has 24 heavy (non-hydrogen) atoms. The van der Waals surface area contributed by atoms with E-state index in [4.69, 9.17) is 16.7 Å². The van der Waals surface area contributed by atoms with Crippen LogP contribution >= 0.6 is 11.6 Å². The number of carbonyl (C=O) groups excluding carboxylic acids is 1. The zero-order valence-corrected chi connectivity index (χ0v) is 15.0. The maximum absolute atomic E-state index is 12.8. The second kappa shape index (κ2) is 5.35. The van der Waals surface area contributed by atoms with Crippen LogP contribution in [0.4, 0.5) is 0 Å². The van der Waals surface area contributed by atoms with E-state index >= 15 is 0 Å². The summed E-state index contributed by atoms with van der Waals surface area (Å²) in [6.07, 6.45) is 3.51. The van der Waals surface area contributed by atoms with Crippen molar-refractivity contribution in [1.29, 1.82) is 0 Å². The van der Waals surface area contributed by atoms with E-state index in [-0.39, 0.29) is 11.4 Å². The number of nitrogens with zero attached hydrogens (tertiary/aromatic N) is 2. The molecule has 0 saturated heterocycles. The highest BCUT2D eigenvalue weighted by Gasteiger charge is 2.44. The Morgan fingerprint density at radius 3 is 2.54 bits per heavy atom. The molecule has 0 radical (unpaired) electrons. The molecule has 4 rings (SSSR count). The molecule has 2 atom stereocenters. The highest BCUT2D eigenvalue weighted by molar-refractivity contribution is 6.30. The number of aromatic nitrogens is 2. The third kappa shape index (κ3) is 2.53. The molecule has 2 aliphatic carbocycles. The Hall–Kier alpha value is -1.81. The van der Waals surface area contributed by atoms with Gasteiger partial charge < -0.3 is 5.32 Å². The summed E-state index contributed by atoms with van der Waals surface area (Å²) in [6, 6.07) is 7.67. The van der Waals surface area contributed by atoms with Gasteiger partial charge >= 0.3 is 0 Å². The predicted molar refractivity (Wildman–Crippen MR) is 95.1 cm³/mol. The smallest absolute Gasteiger partial charge is 0.272 e. The highest BCUT2D eigenvalue weighted by atomic mass is 35.5. The van der Waals surface area contributed by atoms with E-state index in [9.17, 15) is 4.79 Å². The molecular weight excluding hydrogens is 322 g/mol. The lowest BCUT2D eigenvalue weighted by atomic mass is 9.95. The van der Waals surface area contributed by atoms with Crippen molar-refractivity contribution in [3.63, 3.8) is 0 Å². The zero-order valence-electron chi connectivity index (χ0n) is 14.3. The van der Waals surface area contributed by atoms with Crippen LogP contribution in [-0.2, 0) is 0 Å². The van der Waals surface area contributed by atoms with Crippen molar-refractivity contribution in [2.75, 3.05) is 0 Å². The first-order valence-corrected chi connectivity index (χ1v) is 8.92.